The van der Waals surface area contributed by atoms with Gasteiger partial charge in [-0.15, -0.1) is 0 Å². The van der Waals surface area contributed by atoms with Crippen molar-refractivity contribution >= 4 is 17.5 Å². The Morgan fingerprint density at radius 1 is 1.06 bits per heavy atom. The predicted molar refractivity (Wildman–Crippen MR) is 124 cm³/mol. The normalized spacial score (nSPS) is 20.8. The first kappa shape index (κ1) is 21.5. The first-order chi connectivity index (χ1) is 17.0. The summed E-state index contributed by atoms with van der Waals surface area (Å²) in [7, 11) is 0. The van der Waals surface area contributed by atoms with E-state index in [0.717, 1.165) is 30.6 Å². The van der Waals surface area contributed by atoms with Crippen LogP contribution in [0.25, 0.3) is 11.4 Å². The van der Waals surface area contributed by atoms with Crippen LogP contribution in [-0.2, 0) is 29.0 Å². The summed E-state index contributed by atoms with van der Waals surface area (Å²) in [6.07, 6.45) is 3.17. The fourth-order valence-corrected chi connectivity index (χ4v) is 4.84. The molecule has 178 valence electrons. The number of ether oxygens (including phenoxy) is 1. The summed E-state index contributed by atoms with van der Waals surface area (Å²) in [6, 6.07) is 11.5. The molecule has 1 aromatic heterocycles. The number of hydrogen-bond donors (Lipinski definition) is 0. The molecule has 0 saturated carbocycles. The summed E-state index contributed by atoms with van der Waals surface area (Å²) < 4.78 is 11.1. The van der Waals surface area contributed by atoms with Crippen LogP contribution < -0.4 is 9.64 Å². The van der Waals surface area contributed by atoms with Gasteiger partial charge in [0, 0.05) is 5.56 Å². The number of aromatic nitrogens is 2. The summed E-state index contributed by atoms with van der Waals surface area (Å²) in [4.78, 5) is 32.0. The van der Waals surface area contributed by atoms with Crippen LogP contribution in [0.2, 0.25) is 0 Å². The predicted octanol–water partition coefficient (Wildman–Crippen LogP) is 3.51. The number of hydrogen-bond acceptors (Lipinski definition) is 9. The van der Waals surface area contributed by atoms with Crippen molar-refractivity contribution in [1.82, 2.24) is 15.1 Å². The molecule has 2 aromatic carbocycles. The average molecular weight is 473 g/mol. The van der Waals surface area contributed by atoms with E-state index in [1.165, 1.54) is 21.0 Å². The highest BCUT2D eigenvalue weighted by Crippen LogP contribution is 2.35. The molecular formula is C25H24N6O4. The van der Waals surface area contributed by atoms with E-state index < -0.39 is 12.1 Å². The highest BCUT2D eigenvalue weighted by molar-refractivity contribution is 6.25. The van der Waals surface area contributed by atoms with Crippen molar-refractivity contribution in [3.05, 3.63) is 59.5 Å². The summed E-state index contributed by atoms with van der Waals surface area (Å²) in [5.74, 6) is 0.742. The van der Waals surface area contributed by atoms with E-state index in [-0.39, 0.29) is 30.4 Å². The third-order valence-electron chi connectivity index (χ3n) is 6.45. The molecule has 0 N–H and O–H groups in total. The third-order valence-corrected chi connectivity index (χ3v) is 6.45. The van der Waals surface area contributed by atoms with Crippen LogP contribution in [0, 0.1) is 0 Å². The second-order valence-electron chi connectivity index (χ2n) is 9.21. The van der Waals surface area contributed by atoms with Crippen LogP contribution in [0.5, 0.6) is 5.75 Å². The summed E-state index contributed by atoms with van der Waals surface area (Å²) in [6.45, 7) is 4.00. The molecule has 3 heterocycles. The Balaban J connectivity index is 1.18. The quantitative estimate of drug-likeness (QED) is 0.505. The number of amides is 2. The average Bonchev–Trinajstić information content (AvgIpc) is 3.61. The van der Waals surface area contributed by atoms with Gasteiger partial charge < -0.3 is 9.26 Å². The van der Waals surface area contributed by atoms with Crippen molar-refractivity contribution in [2.24, 2.45) is 10.3 Å². The molecule has 0 unspecified atom stereocenters. The van der Waals surface area contributed by atoms with Gasteiger partial charge in [-0.25, -0.2) is 4.90 Å². The maximum Gasteiger partial charge on any atom is 0.263 e. The van der Waals surface area contributed by atoms with E-state index in [4.69, 9.17) is 9.26 Å². The summed E-state index contributed by atoms with van der Waals surface area (Å²) >= 11 is 0. The number of aryl methyl sites for hydroxylation is 2. The Morgan fingerprint density at radius 2 is 1.86 bits per heavy atom. The smallest absolute Gasteiger partial charge is 0.263 e. The van der Waals surface area contributed by atoms with Gasteiger partial charge in [-0.2, -0.15) is 10.1 Å². The van der Waals surface area contributed by atoms with Gasteiger partial charge in [-0.1, -0.05) is 16.4 Å². The molecule has 2 aliphatic heterocycles. The number of carbonyl (C=O) groups is 2. The molecule has 0 spiro atoms. The molecule has 35 heavy (non-hydrogen) atoms. The first-order valence-electron chi connectivity index (χ1n) is 11.7. The molecule has 1 saturated heterocycles. The van der Waals surface area contributed by atoms with Crippen molar-refractivity contribution in [1.29, 1.82) is 0 Å². The van der Waals surface area contributed by atoms with Gasteiger partial charge in [0.1, 0.15) is 12.3 Å². The Labute approximate surface area is 201 Å². The van der Waals surface area contributed by atoms with Crippen LogP contribution >= 0.6 is 0 Å². The molecule has 10 heteroatoms. The lowest BCUT2D eigenvalue weighted by atomic mass is 10.1. The topological polar surface area (TPSA) is 113 Å². The van der Waals surface area contributed by atoms with Crippen LogP contribution in [-0.4, -0.2) is 45.2 Å². The second kappa shape index (κ2) is 8.30. The second-order valence-corrected chi connectivity index (χ2v) is 9.21. The standard InChI is InChI=1S/C25H24N6O4/c1-14(2)34-19-10-7-16(8-11-19)23-26-20(35-28-23)13-30-22-21(27-29-30)24(32)31(25(22)33)18-9-6-15-4-3-5-17(15)12-18/h6-12,14,21-22H,3-5,13H2,1-2H3/t21-,22-/m0/s1. The zero-order valence-electron chi connectivity index (χ0n) is 19.4. The SMILES string of the molecule is CC(C)Oc1ccc(-c2noc(CN3N=N[C@@H]4C(=O)N(c5ccc6c(c5)CCC6)C(=O)[C@H]43)n2)cc1. The van der Waals surface area contributed by atoms with Crippen molar-refractivity contribution in [3.8, 4) is 17.1 Å². The number of carbonyl (C=O) groups excluding carboxylic acids is 2. The molecule has 1 aliphatic carbocycles. The van der Waals surface area contributed by atoms with Gasteiger partial charge in [0.15, 0.2) is 12.1 Å². The molecule has 0 radical (unpaired) electrons. The molecule has 10 nitrogen and oxygen atoms in total. The van der Waals surface area contributed by atoms with Crippen LogP contribution in [0.3, 0.4) is 0 Å². The molecule has 2 atom stereocenters. The summed E-state index contributed by atoms with van der Waals surface area (Å²) in [5, 5.41) is 13.7. The highest BCUT2D eigenvalue weighted by Gasteiger charge is 2.55. The van der Waals surface area contributed by atoms with Crippen molar-refractivity contribution in [2.75, 3.05) is 4.90 Å². The third kappa shape index (κ3) is 3.74. The van der Waals surface area contributed by atoms with Gasteiger partial charge in [0.25, 0.3) is 11.8 Å². The van der Waals surface area contributed by atoms with Gasteiger partial charge in [-0.3, -0.25) is 14.6 Å². The Bertz CT molecular complexity index is 1330. The number of rotatable bonds is 6. The lowest BCUT2D eigenvalue weighted by molar-refractivity contribution is -0.123. The fourth-order valence-electron chi connectivity index (χ4n) is 4.84. The van der Waals surface area contributed by atoms with Gasteiger partial charge in [0.2, 0.25) is 11.7 Å². The number of anilines is 1. The Morgan fingerprint density at radius 3 is 2.66 bits per heavy atom. The lowest BCUT2D eigenvalue weighted by Crippen LogP contribution is -2.39. The molecule has 3 aromatic rings. The van der Waals surface area contributed by atoms with Crippen LogP contribution in [0.4, 0.5) is 5.69 Å². The van der Waals surface area contributed by atoms with E-state index in [1.807, 2.05) is 56.3 Å². The van der Waals surface area contributed by atoms with Crippen molar-refractivity contribution in [2.45, 2.75) is 57.8 Å². The minimum atomic E-state index is -0.869. The van der Waals surface area contributed by atoms with Crippen molar-refractivity contribution in [3.63, 3.8) is 0 Å². The molecule has 3 aliphatic rings. The molecule has 6 rings (SSSR count). The maximum atomic E-state index is 13.3. The van der Waals surface area contributed by atoms with E-state index in [1.54, 1.807) is 0 Å². The molecule has 1 fully saturated rings. The first-order valence-corrected chi connectivity index (χ1v) is 11.7. The lowest BCUT2D eigenvalue weighted by Gasteiger charge is -2.19. The molecular weight excluding hydrogens is 448 g/mol. The van der Waals surface area contributed by atoms with Gasteiger partial charge >= 0.3 is 0 Å². The zero-order chi connectivity index (χ0) is 24.1. The minimum Gasteiger partial charge on any atom is -0.491 e. The van der Waals surface area contributed by atoms with Crippen LogP contribution in [0.1, 0.15) is 37.3 Å². The Kier molecular flexibility index (Phi) is 5.09. The number of nitrogens with zero attached hydrogens (tertiary/aromatic N) is 6. The number of benzene rings is 2. The number of imide groups is 1. The van der Waals surface area contributed by atoms with E-state index in [0.29, 0.717) is 11.5 Å². The van der Waals surface area contributed by atoms with Crippen molar-refractivity contribution < 1.29 is 18.8 Å². The molecule has 2 amide bonds. The summed E-state index contributed by atoms with van der Waals surface area (Å²) in [5.41, 5.74) is 3.84. The van der Waals surface area contributed by atoms with E-state index >= 15 is 0 Å². The highest BCUT2D eigenvalue weighted by atomic mass is 16.5. The monoisotopic (exact) mass is 472 g/mol. The molecule has 0 bridgehead atoms. The zero-order valence-corrected chi connectivity index (χ0v) is 19.4. The fraction of sp³-hybridized carbons (Fsp3) is 0.360. The number of fused-ring (bicyclic) bond motifs is 2. The largest absolute Gasteiger partial charge is 0.491 e. The van der Waals surface area contributed by atoms with Gasteiger partial charge in [-0.05, 0) is 80.6 Å². The van der Waals surface area contributed by atoms with Crippen LogP contribution in [0.15, 0.2) is 57.3 Å². The maximum absolute atomic E-state index is 13.3. The minimum absolute atomic E-state index is 0.0727. The van der Waals surface area contributed by atoms with E-state index in [9.17, 15) is 9.59 Å². The van der Waals surface area contributed by atoms with Gasteiger partial charge in [0.05, 0.1) is 11.8 Å². The van der Waals surface area contributed by atoms with E-state index in [2.05, 4.69) is 20.5 Å². The Hall–Kier alpha value is -4.08.